The van der Waals surface area contributed by atoms with E-state index in [0.717, 1.165) is 28.4 Å². The molecule has 0 atom stereocenters. The molecule has 0 saturated heterocycles. The van der Waals surface area contributed by atoms with Gasteiger partial charge in [0.25, 0.3) is 0 Å². The van der Waals surface area contributed by atoms with Crippen LogP contribution in [0.1, 0.15) is 11.1 Å². The summed E-state index contributed by atoms with van der Waals surface area (Å²) in [6, 6.07) is 17.6. The van der Waals surface area contributed by atoms with Crippen molar-refractivity contribution in [2.24, 2.45) is 0 Å². The van der Waals surface area contributed by atoms with Gasteiger partial charge in [-0.3, -0.25) is 0 Å². The summed E-state index contributed by atoms with van der Waals surface area (Å²) in [4.78, 5) is 8.76. The summed E-state index contributed by atoms with van der Waals surface area (Å²) in [5, 5.41) is 6.53. The summed E-state index contributed by atoms with van der Waals surface area (Å²) in [5.74, 6) is 3.02. The van der Waals surface area contributed by atoms with Crippen LogP contribution in [0.5, 0.6) is 11.5 Å². The Balaban J connectivity index is 1.59. The number of hydrogen-bond acceptors (Lipinski definition) is 6. The molecule has 0 aliphatic rings. The van der Waals surface area contributed by atoms with Gasteiger partial charge in [0.2, 0.25) is 5.95 Å². The van der Waals surface area contributed by atoms with Crippen molar-refractivity contribution in [2.45, 2.75) is 13.1 Å². The van der Waals surface area contributed by atoms with Crippen LogP contribution >= 0.6 is 0 Å². The first-order chi connectivity index (χ1) is 12.8. The van der Waals surface area contributed by atoms with Crippen LogP contribution < -0.4 is 20.1 Å². The summed E-state index contributed by atoms with van der Waals surface area (Å²) in [7, 11) is 3.33. The lowest BCUT2D eigenvalue weighted by molar-refractivity contribution is 0.410. The Morgan fingerprint density at radius 1 is 0.846 bits per heavy atom. The van der Waals surface area contributed by atoms with Crippen molar-refractivity contribution in [3.63, 3.8) is 0 Å². The molecule has 2 aromatic carbocycles. The van der Waals surface area contributed by atoms with Crippen molar-refractivity contribution in [1.29, 1.82) is 0 Å². The molecule has 26 heavy (non-hydrogen) atoms. The first kappa shape index (κ1) is 17.5. The molecular formula is C20H22N4O2. The minimum Gasteiger partial charge on any atom is -0.497 e. The standard InChI is InChI=1S/C20H22N4O2/c1-25-17-9-7-15(8-10-17)13-22-19-11-12-21-20(24-19)23-14-16-5-3-4-6-18(16)26-2/h3-12H,13-14H2,1-2H3,(H2,21,22,23,24). The molecule has 3 rings (SSSR count). The SMILES string of the molecule is COc1ccc(CNc2ccnc(NCc3ccccc3OC)n2)cc1. The van der Waals surface area contributed by atoms with Crippen molar-refractivity contribution < 1.29 is 9.47 Å². The van der Waals surface area contributed by atoms with E-state index in [1.54, 1.807) is 20.4 Å². The zero-order valence-electron chi connectivity index (χ0n) is 14.9. The van der Waals surface area contributed by atoms with Crippen LogP contribution in [-0.2, 0) is 13.1 Å². The molecule has 1 heterocycles. The largest absolute Gasteiger partial charge is 0.497 e. The third kappa shape index (κ3) is 4.63. The zero-order valence-corrected chi connectivity index (χ0v) is 14.9. The van der Waals surface area contributed by atoms with Gasteiger partial charge in [-0.2, -0.15) is 4.98 Å². The van der Waals surface area contributed by atoms with Gasteiger partial charge in [-0.15, -0.1) is 0 Å². The van der Waals surface area contributed by atoms with Crippen molar-refractivity contribution in [3.8, 4) is 11.5 Å². The molecule has 6 heteroatoms. The molecule has 0 bridgehead atoms. The molecule has 0 saturated carbocycles. The van der Waals surface area contributed by atoms with E-state index in [2.05, 4.69) is 20.6 Å². The van der Waals surface area contributed by atoms with Gasteiger partial charge in [0, 0.05) is 24.8 Å². The summed E-state index contributed by atoms with van der Waals surface area (Å²) >= 11 is 0. The maximum absolute atomic E-state index is 5.36. The van der Waals surface area contributed by atoms with Crippen molar-refractivity contribution >= 4 is 11.8 Å². The average Bonchev–Trinajstić information content (AvgIpc) is 2.71. The highest BCUT2D eigenvalue weighted by Crippen LogP contribution is 2.18. The molecule has 0 radical (unpaired) electrons. The summed E-state index contributed by atoms with van der Waals surface area (Å²) in [6.45, 7) is 1.26. The number of aromatic nitrogens is 2. The second kappa shape index (κ2) is 8.71. The number of methoxy groups -OCH3 is 2. The molecule has 3 aromatic rings. The lowest BCUT2D eigenvalue weighted by atomic mass is 10.2. The highest BCUT2D eigenvalue weighted by molar-refractivity contribution is 5.42. The molecule has 0 amide bonds. The van der Waals surface area contributed by atoms with E-state index in [1.807, 2.05) is 54.6 Å². The average molecular weight is 350 g/mol. The Hall–Kier alpha value is -3.28. The van der Waals surface area contributed by atoms with Gasteiger partial charge < -0.3 is 20.1 Å². The van der Waals surface area contributed by atoms with Crippen molar-refractivity contribution in [3.05, 3.63) is 71.9 Å². The Morgan fingerprint density at radius 2 is 1.65 bits per heavy atom. The van der Waals surface area contributed by atoms with E-state index in [9.17, 15) is 0 Å². The number of nitrogens with one attached hydrogen (secondary N) is 2. The van der Waals surface area contributed by atoms with Gasteiger partial charge in [0.05, 0.1) is 14.2 Å². The van der Waals surface area contributed by atoms with Crippen LogP contribution in [0.4, 0.5) is 11.8 Å². The Morgan fingerprint density at radius 3 is 2.42 bits per heavy atom. The number of hydrogen-bond donors (Lipinski definition) is 2. The van der Waals surface area contributed by atoms with Gasteiger partial charge in [0.1, 0.15) is 17.3 Å². The van der Waals surface area contributed by atoms with E-state index in [1.165, 1.54) is 0 Å². The highest BCUT2D eigenvalue weighted by Gasteiger charge is 2.04. The number of ether oxygens (including phenoxy) is 2. The van der Waals surface area contributed by atoms with E-state index in [0.29, 0.717) is 19.0 Å². The lowest BCUT2D eigenvalue weighted by Crippen LogP contribution is -2.07. The predicted octanol–water partition coefficient (Wildman–Crippen LogP) is 3.72. The second-order valence-electron chi connectivity index (χ2n) is 5.63. The van der Waals surface area contributed by atoms with Gasteiger partial charge in [-0.05, 0) is 29.8 Å². The van der Waals surface area contributed by atoms with Gasteiger partial charge in [-0.25, -0.2) is 4.98 Å². The highest BCUT2D eigenvalue weighted by atomic mass is 16.5. The maximum Gasteiger partial charge on any atom is 0.224 e. The molecule has 0 aliphatic carbocycles. The smallest absolute Gasteiger partial charge is 0.224 e. The number of rotatable bonds is 8. The lowest BCUT2D eigenvalue weighted by Gasteiger charge is -2.11. The fourth-order valence-corrected chi connectivity index (χ4v) is 2.50. The number of benzene rings is 2. The molecule has 6 nitrogen and oxygen atoms in total. The number of nitrogens with zero attached hydrogens (tertiary/aromatic N) is 2. The van der Waals surface area contributed by atoms with Crippen LogP contribution in [0, 0.1) is 0 Å². The van der Waals surface area contributed by atoms with Gasteiger partial charge >= 0.3 is 0 Å². The van der Waals surface area contributed by atoms with Crippen molar-refractivity contribution in [1.82, 2.24) is 9.97 Å². The minimum absolute atomic E-state index is 0.565. The molecule has 0 fully saturated rings. The van der Waals surface area contributed by atoms with E-state index in [4.69, 9.17) is 9.47 Å². The van der Waals surface area contributed by atoms with Gasteiger partial charge in [0.15, 0.2) is 0 Å². The molecule has 0 aliphatic heterocycles. The van der Waals surface area contributed by atoms with Crippen molar-refractivity contribution in [2.75, 3.05) is 24.9 Å². The number of para-hydroxylation sites is 1. The quantitative estimate of drug-likeness (QED) is 0.645. The van der Waals surface area contributed by atoms with E-state index in [-0.39, 0.29) is 0 Å². The molecular weight excluding hydrogens is 328 g/mol. The summed E-state index contributed by atoms with van der Waals surface area (Å²) in [5.41, 5.74) is 2.20. The minimum atomic E-state index is 0.565. The molecule has 2 N–H and O–H groups in total. The third-order valence-corrected chi connectivity index (χ3v) is 3.92. The molecule has 0 unspecified atom stereocenters. The Labute approximate surface area is 153 Å². The summed E-state index contributed by atoms with van der Waals surface area (Å²) < 4.78 is 10.5. The Kier molecular flexibility index (Phi) is 5.88. The van der Waals surface area contributed by atoms with Crippen LogP contribution in [0.25, 0.3) is 0 Å². The normalized spacial score (nSPS) is 10.2. The topological polar surface area (TPSA) is 68.3 Å². The zero-order chi connectivity index (χ0) is 18.2. The molecule has 0 spiro atoms. The third-order valence-electron chi connectivity index (χ3n) is 3.92. The van der Waals surface area contributed by atoms with Crippen LogP contribution in [0.3, 0.4) is 0 Å². The maximum atomic E-state index is 5.36. The first-order valence-corrected chi connectivity index (χ1v) is 8.34. The van der Waals surface area contributed by atoms with E-state index < -0.39 is 0 Å². The molecule has 1 aromatic heterocycles. The van der Waals surface area contributed by atoms with Crippen LogP contribution in [0.15, 0.2) is 60.8 Å². The van der Waals surface area contributed by atoms with Crippen LogP contribution in [-0.4, -0.2) is 24.2 Å². The fraction of sp³-hybridized carbons (Fsp3) is 0.200. The second-order valence-corrected chi connectivity index (χ2v) is 5.63. The molecule has 134 valence electrons. The Bertz CT molecular complexity index is 837. The predicted molar refractivity (Wildman–Crippen MR) is 103 cm³/mol. The van der Waals surface area contributed by atoms with Crippen LogP contribution in [0.2, 0.25) is 0 Å². The first-order valence-electron chi connectivity index (χ1n) is 8.34. The summed E-state index contributed by atoms with van der Waals surface area (Å²) in [6.07, 6.45) is 1.73. The van der Waals surface area contributed by atoms with E-state index >= 15 is 0 Å². The fourth-order valence-electron chi connectivity index (χ4n) is 2.50. The number of anilines is 2. The van der Waals surface area contributed by atoms with Gasteiger partial charge in [-0.1, -0.05) is 30.3 Å². The monoisotopic (exact) mass is 350 g/mol.